The van der Waals surface area contributed by atoms with Crippen molar-refractivity contribution in [3.05, 3.63) is 24.0 Å². The molecule has 1 fully saturated rings. The zero-order chi connectivity index (χ0) is 14.2. The molecule has 2 heterocycles. The Hall–Kier alpha value is -2.32. The van der Waals surface area contributed by atoms with E-state index in [4.69, 9.17) is 5.11 Å². The molecule has 2 N–H and O–H groups in total. The number of aliphatic carboxylic acids is 1. The zero-order valence-electron chi connectivity index (χ0n) is 9.31. The highest BCUT2D eigenvalue weighted by molar-refractivity contribution is 5.98. The minimum absolute atomic E-state index is 0.106. The number of alkyl halides is 3. The molecule has 9 heteroatoms. The van der Waals surface area contributed by atoms with Crippen LogP contribution in [-0.2, 0) is 11.0 Å². The summed E-state index contributed by atoms with van der Waals surface area (Å²) in [6.07, 6.45) is -3.68. The van der Waals surface area contributed by atoms with Gasteiger partial charge in [-0.25, -0.2) is 14.6 Å². The first-order valence-corrected chi connectivity index (χ1v) is 5.13. The number of aromatic nitrogens is 1. The number of halogens is 3. The number of nitrogens with one attached hydrogen (secondary N) is 1. The number of urea groups is 1. The highest BCUT2D eigenvalue weighted by Crippen LogP contribution is 2.28. The van der Waals surface area contributed by atoms with Crippen LogP contribution in [0.4, 0.5) is 23.7 Å². The van der Waals surface area contributed by atoms with Crippen LogP contribution in [0.2, 0.25) is 0 Å². The number of hydrogen-bond donors (Lipinski definition) is 2. The molecule has 0 bridgehead atoms. The lowest BCUT2D eigenvalue weighted by atomic mass is 10.3. The number of amides is 2. The molecule has 2 amide bonds. The Morgan fingerprint density at radius 3 is 2.58 bits per heavy atom. The van der Waals surface area contributed by atoms with Gasteiger partial charge in [-0.05, 0) is 12.1 Å². The fraction of sp³-hybridized carbons (Fsp3) is 0.300. The van der Waals surface area contributed by atoms with Gasteiger partial charge >= 0.3 is 18.2 Å². The lowest BCUT2D eigenvalue weighted by molar-refractivity contribution is -0.141. The molecule has 2 rings (SSSR count). The van der Waals surface area contributed by atoms with E-state index < -0.39 is 29.9 Å². The summed E-state index contributed by atoms with van der Waals surface area (Å²) >= 11 is 0. The number of carbonyl (C=O) groups is 2. The third-order valence-electron chi connectivity index (χ3n) is 2.56. The minimum atomic E-state index is -4.56. The summed E-state index contributed by atoms with van der Waals surface area (Å²) in [7, 11) is 0. The van der Waals surface area contributed by atoms with E-state index in [1.54, 1.807) is 0 Å². The first kappa shape index (κ1) is 13.1. The number of rotatable bonds is 2. The third-order valence-corrected chi connectivity index (χ3v) is 2.56. The standard InChI is InChI=1S/C10H8F3N3O3/c11-10(12,13)7-2-1-5(3-14-7)16-4-6(8(17)18)15-9(16)19/h1-3,6H,4H2,(H,15,19)(H,17,18). The van der Waals surface area contributed by atoms with Gasteiger partial charge in [0.15, 0.2) is 0 Å². The lowest BCUT2D eigenvalue weighted by Crippen LogP contribution is -2.33. The van der Waals surface area contributed by atoms with Crippen molar-refractivity contribution in [2.24, 2.45) is 0 Å². The quantitative estimate of drug-likeness (QED) is 0.846. The van der Waals surface area contributed by atoms with Gasteiger partial charge in [0.25, 0.3) is 0 Å². The molecule has 1 aliphatic heterocycles. The molecule has 1 aromatic heterocycles. The van der Waals surface area contributed by atoms with Crippen LogP contribution in [0.3, 0.4) is 0 Å². The van der Waals surface area contributed by atoms with Crippen LogP contribution >= 0.6 is 0 Å². The number of nitrogens with zero attached hydrogens (tertiary/aromatic N) is 2. The second-order valence-electron chi connectivity index (χ2n) is 3.85. The second kappa shape index (κ2) is 4.41. The topological polar surface area (TPSA) is 82.5 Å². The molecule has 102 valence electrons. The van der Waals surface area contributed by atoms with E-state index in [2.05, 4.69) is 10.3 Å². The van der Waals surface area contributed by atoms with Crippen molar-refractivity contribution in [1.29, 1.82) is 0 Å². The van der Waals surface area contributed by atoms with Gasteiger partial charge in [-0.2, -0.15) is 13.2 Å². The van der Waals surface area contributed by atoms with Crippen molar-refractivity contribution in [3.8, 4) is 0 Å². The van der Waals surface area contributed by atoms with Gasteiger partial charge in [-0.15, -0.1) is 0 Å². The maximum absolute atomic E-state index is 12.3. The van der Waals surface area contributed by atoms with Crippen molar-refractivity contribution < 1.29 is 27.9 Å². The largest absolute Gasteiger partial charge is 0.480 e. The third kappa shape index (κ3) is 2.59. The number of anilines is 1. The summed E-state index contributed by atoms with van der Waals surface area (Å²) < 4.78 is 36.9. The van der Waals surface area contributed by atoms with E-state index in [9.17, 15) is 22.8 Å². The van der Waals surface area contributed by atoms with Gasteiger partial charge in [0, 0.05) is 0 Å². The SMILES string of the molecule is O=C(O)C1CN(c2ccc(C(F)(F)F)nc2)C(=O)N1. The van der Waals surface area contributed by atoms with Gasteiger partial charge in [-0.3, -0.25) is 4.90 Å². The summed E-state index contributed by atoms with van der Waals surface area (Å²) in [6.45, 7) is -0.165. The molecule has 1 aliphatic rings. The number of hydrogen-bond acceptors (Lipinski definition) is 3. The highest BCUT2D eigenvalue weighted by atomic mass is 19.4. The predicted octanol–water partition coefficient (Wildman–Crippen LogP) is 1.08. The number of carbonyl (C=O) groups excluding carboxylic acids is 1. The van der Waals surface area contributed by atoms with Gasteiger partial charge < -0.3 is 10.4 Å². The first-order chi connectivity index (χ1) is 8.79. The molecule has 1 unspecified atom stereocenters. The molecule has 0 saturated carbocycles. The predicted molar refractivity (Wildman–Crippen MR) is 56.5 cm³/mol. The van der Waals surface area contributed by atoms with Crippen LogP contribution < -0.4 is 10.2 Å². The fourth-order valence-corrected chi connectivity index (χ4v) is 1.61. The first-order valence-electron chi connectivity index (χ1n) is 5.13. The van der Waals surface area contributed by atoms with E-state index in [0.717, 1.165) is 23.2 Å². The Bertz CT molecular complexity index is 515. The molecular weight excluding hydrogens is 267 g/mol. The average molecular weight is 275 g/mol. The molecule has 1 aromatic rings. The maximum atomic E-state index is 12.3. The van der Waals surface area contributed by atoms with Crippen molar-refractivity contribution >= 4 is 17.7 Å². The van der Waals surface area contributed by atoms with Crippen molar-refractivity contribution in [3.63, 3.8) is 0 Å². The summed E-state index contributed by atoms with van der Waals surface area (Å²) in [5, 5.41) is 10.9. The second-order valence-corrected chi connectivity index (χ2v) is 3.85. The van der Waals surface area contributed by atoms with Crippen LogP contribution in [0.15, 0.2) is 18.3 Å². The van der Waals surface area contributed by atoms with Crippen LogP contribution in [0.1, 0.15) is 5.69 Å². The Morgan fingerprint density at radius 2 is 2.16 bits per heavy atom. The molecule has 1 atom stereocenters. The molecule has 0 aromatic carbocycles. The van der Waals surface area contributed by atoms with Crippen LogP contribution in [0.5, 0.6) is 0 Å². The Kier molecular flexibility index (Phi) is 3.05. The summed E-state index contributed by atoms with van der Waals surface area (Å²) in [6, 6.07) is 0.0276. The Labute approximate surface area is 104 Å². The minimum Gasteiger partial charge on any atom is -0.480 e. The normalized spacial score (nSPS) is 19.4. The molecule has 0 spiro atoms. The Balaban J connectivity index is 2.19. The van der Waals surface area contributed by atoms with Crippen LogP contribution in [0.25, 0.3) is 0 Å². The monoisotopic (exact) mass is 275 g/mol. The summed E-state index contributed by atoms with van der Waals surface area (Å²) in [4.78, 5) is 26.4. The smallest absolute Gasteiger partial charge is 0.433 e. The Morgan fingerprint density at radius 1 is 1.47 bits per heavy atom. The van der Waals surface area contributed by atoms with Crippen molar-refractivity contribution in [2.75, 3.05) is 11.4 Å². The summed E-state index contributed by atoms with van der Waals surface area (Å²) in [5.74, 6) is -1.21. The molecular formula is C10H8F3N3O3. The van der Waals surface area contributed by atoms with E-state index in [-0.39, 0.29) is 12.2 Å². The molecule has 0 radical (unpaired) electrons. The van der Waals surface area contributed by atoms with Gasteiger partial charge in [-0.1, -0.05) is 0 Å². The molecule has 1 saturated heterocycles. The van der Waals surface area contributed by atoms with Crippen LogP contribution in [-0.4, -0.2) is 34.7 Å². The average Bonchev–Trinajstić information content (AvgIpc) is 2.70. The van der Waals surface area contributed by atoms with Gasteiger partial charge in [0.2, 0.25) is 0 Å². The van der Waals surface area contributed by atoms with E-state index >= 15 is 0 Å². The van der Waals surface area contributed by atoms with E-state index in [0.29, 0.717) is 0 Å². The van der Waals surface area contributed by atoms with Crippen molar-refractivity contribution in [1.82, 2.24) is 10.3 Å². The summed E-state index contributed by atoms with van der Waals surface area (Å²) in [5.41, 5.74) is -0.972. The zero-order valence-corrected chi connectivity index (χ0v) is 9.31. The number of pyridine rings is 1. The van der Waals surface area contributed by atoms with Gasteiger partial charge in [0.05, 0.1) is 18.4 Å². The molecule has 19 heavy (non-hydrogen) atoms. The highest BCUT2D eigenvalue weighted by Gasteiger charge is 2.36. The van der Waals surface area contributed by atoms with Crippen molar-refractivity contribution in [2.45, 2.75) is 12.2 Å². The molecule has 6 nitrogen and oxygen atoms in total. The number of carboxylic acids is 1. The molecule has 0 aliphatic carbocycles. The van der Waals surface area contributed by atoms with E-state index in [1.807, 2.05) is 0 Å². The fourth-order valence-electron chi connectivity index (χ4n) is 1.61. The van der Waals surface area contributed by atoms with E-state index in [1.165, 1.54) is 0 Å². The van der Waals surface area contributed by atoms with Crippen LogP contribution in [0, 0.1) is 0 Å². The van der Waals surface area contributed by atoms with Gasteiger partial charge in [0.1, 0.15) is 11.7 Å². The maximum Gasteiger partial charge on any atom is 0.433 e. The lowest BCUT2D eigenvalue weighted by Gasteiger charge is -2.14. The number of carboxylic acid groups (broad SMARTS) is 1.